The number of hydrogen-bond donors (Lipinski definition) is 1. The molecular weight excluding hydrogens is 208 g/mol. The van der Waals surface area contributed by atoms with Crippen LogP contribution in [0.15, 0.2) is 5.38 Å². The van der Waals surface area contributed by atoms with Gasteiger partial charge in [-0.2, -0.15) is 0 Å². The maximum Gasteiger partial charge on any atom is 0.157 e. The van der Waals surface area contributed by atoms with Crippen molar-refractivity contribution >= 4 is 21.2 Å². The molecule has 0 saturated heterocycles. The molecule has 0 atom stereocenters. The summed E-state index contributed by atoms with van der Waals surface area (Å²) < 4.78 is 22.6. The predicted molar refractivity (Wildman–Crippen MR) is 53.4 cm³/mol. The Morgan fingerprint density at radius 1 is 1.62 bits per heavy atom. The summed E-state index contributed by atoms with van der Waals surface area (Å²) in [5.41, 5.74) is 5.80. The summed E-state index contributed by atoms with van der Waals surface area (Å²) >= 11 is 1.46. The van der Waals surface area contributed by atoms with E-state index in [1.807, 2.05) is 6.92 Å². The second-order valence-corrected chi connectivity index (χ2v) is 5.98. The van der Waals surface area contributed by atoms with Gasteiger partial charge in [0.15, 0.2) is 9.84 Å². The van der Waals surface area contributed by atoms with E-state index in [1.54, 1.807) is 5.38 Å². The maximum absolute atomic E-state index is 11.3. The van der Waals surface area contributed by atoms with Crippen LogP contribution < -0.4 is 5.73 Å². The zero-order valence-electron chi connectivity index (χ0n) is 7.36. The van der Waals surface area contributed by atoms with Gasteiger partial charge in [-0.05, 0) is 6.92 Å². The highest BCUT2D eigenvalue weighted by Gasteiger charge is 2.12. The monoisotopic (exact) mass is 220 g/mol. The molecule has 0 aliphatic carbocycles. The normalized spacial score (nSPS) is 11.8. The van der Waals surface area contributed by atoms with Crippen molar-refractivity contribution in [2.24, 2.45) is 5.73 Å². The van der Waals surface area contributed by atoms with Crippen LogP contribution in [0, 0.1) is 6.92 Å². The van der Waals surface area contributed by atoms with Gasteiger partial charge in [-0.3, -0.25) is 0 Å². The molecule has 13 heavy (non-hydrogen) atoms. The van der Waals surface area contributed by atoms with E-state index in [0.29, 0.717) is 5.69 Å². The van der Waals surface area contributed by atoms with E-state index in [2.05, 4.69) is 4.98 Å². The molecule has 0 bridgehead atoms. The zero-order chi connectivity index (χ0) is 9.90. The molecule has 0 saturated carbocycles. The van der Waals surface area contributed by atoms with Gasteiger partial charge < -0.3 is 5.73 Å². The second-order valence-electron chi connectivity index (χ2n) is 2.74. The lowest BCUT2D eigenvalue weighted by Crippen LogP contribution is -2.17. The van der Waals surface area contributed by atoms with Crippen molar-refractivity contribution in [1.82, 2.24) is 4.98 Å². The molecule has 4 nitrogen and oxygen atoms in total. The molecule has 0 unspecified atom stereocenters. The smallest absolute Gasteiger partial charge is 0.157 e. The van der Waals surface area contributed by atoms with Gasteiger partial charge in [-0.25, -0.2) is 13.4 Å². The van der Waals surface area contributed by atoms with Crippen LogP contribution in [0.5, 0.6) is 0 Å². The van der Waals surface area contributed by atoms with Crippen LogP contribution in [0.4, 0.5) is 0 Å². The molecule has 2 N–H and O–H groups in total. The topological polar surface area (TPSA) is 73.0 Å². The van der Waals surface area contributed by atoms with Crippen LogP contribution in [0.1, 0.15) is 10.7 Å². The van der Waals surface area contributed by atoms with Crippen molar-refractivity contribution in [3.8, 4) is 0 Å². The first-order valence-electron chi connectivity index (χ1n) is 3.85. The minimum atomic E-state index is -3.05. The zero-order valence-corrected chi connectivity index (χ0v) is 8.99. The molecule has 0 aliphatic heterocycles. The number of thiazole rings is 1. The fourth-order valence-electron chi connectivity index (χ4n) is 0.952. The molecule has 1 aromatic rings. The highest BCUT2D eigenvalue weighted by molar-refractivity contribution is 7.90. The maximum atomic E-state index is 11.3. The van der Waals surface area contributed by atoms with Crippen LogP contribution in [0.3, 0.4) is 0 Å². The second kappa shape index (κ2) is 4.17. The first-order valence-corrected chi connectivity index (χ1v) is 6.55. The average Bonchev–Trinajstić information content (AvgIpc) is 2.34. The summed E-state index contributed by atoms with van der Waals surface area (Å²) in [6, 6.07) is 0. The first kappa shape index (κ1) is 10.6. The lowest BCUT2D eigenvalue weighted by molar-refractivity contribution is 0.594. The van der Waals surface area contributed by atoms with Crippen molar-refractivity contribution in [1.29, 1.82) is 0 Å². The third-order valence-corrected chi connectivity index (χ3v) is 3.88. The molecule has 0 fully saturated rings. The van der Waals surface area contributed by atoms with Crippen LogP contribution in [-0.2, 0) is 15.6 Å². The summed E-state index contributed by atoms with van der Waals surface area (Å²) in [6.07, 6.45) is 0. The van der Waals surface area contributed by atoms with Crippen molar-refractivity contribution in [3.63, 3.8) is 0 Å². The molecule has 74 valence electrons. The van der Waals surface area contributed by atoms with Gasteiger partial charge in [0, 0.05) is 11.9 Å². The highest BCUT2D eigenvalue weighted by atomic mass is 32.2. The third-order valence-electron chi connectivity index (χ3n) is 1.46. The predicted octanol–water partition coefficient (Wildman–Crippen LogP) is 0.325. The molecule has 0 amide bonds. The van der Waals surface area contributed by atoms with E-state index in [4.69, 9.17) is 5.73 Å². The van der Waals surface area contributed by atoms with Crippen LogP contribution >= 0.6 is 11.3 Å². The molecule has 1 aromatic heterocycles. The lowest BCUT2D eigenvalue weighted by atomic mass is 10.6. The van der Waals surface area contributed by atoms with Crippen molar-refractivity contribution in [2.75, 3.05) is 12.3 Å². The van der Waals surface area contributed by atoms with E-state index in [-0.39, 0.29) is 18.1 Å². The van der Waals surface area contributed by atoms with Gasteiger partial charge in [0.1, 0.15) is 0 Å². The van der Waals surface area contributed by atoms with Gasteiger partial charge in [0.2, 0.25) is 0 Å². The highest BCUT2D eigenvalue weighted by Crippen LogP contribution is 2.11. The Kier molecular flexibility index (Phi) is 3.40. The number of rotatable bonds is 4. The Morgan fingerprint density at radius 3 is 2.77 bits per heavy atom. The largest absolute Gasteiger partial charge is 0.329 e. The third kappa shape index (κ3) is 3.41. The first-order chi connectivity index (χ1) is 6.03. The summed E-state index contributed by atoms with van der Waals surface area (Å²) in [6.45, 7) is 2.02. The molecular formula is C7H12N2O2S2. The van der Waals surface area contributed by atoms with Crippen molar-refractivity contribution in [2.45, 2.75) is 12.7 Å². The van der Waals surface area contributed by atoms with Gasteiger partial charge in [-0.15, -0.1) is 11.3 Å². The number of nitrogens with zero attached hydrogens (tertiary/aromatic N) is 1. The molecule has 1 heterocycles. The summed E-state index contributed by atoms with van der Waals surface area (Å²) in [7, 11) is -3.05. The van der Waals surface area contributed by atoms with Gasteiger partial charge in [-0.1, -0.05) is 0 Å². The Morgan fingerprint density at radius 2 is 2.31 bits per heavy atom. The fraction of sp³-hybridized carbons (Fsp3) is 0.571. The Hall–Kier alpha value is -0.460. The minimum absolute atomic E-state index is 0.00847. The number of sulfone groups is 1. The van der Waals surface area contributed by atoms with Crippen LogP contribution in [-0.4, -0.2) is 25.7 Å². The van der Waals surface area contributed by atoms with Gasteiger partial charge >= 0.3 is 0 Å². The average molecular weight is 220 g/mol. The van der Waals surface area contributed by atoms with E-state index < -0.39 is 9.84 Å². The molecule has 0 aliphatic rings. The summed E-state index contributed by atoms with van der Waals surface area (Å²) in [4.78, 5) is 4.08. The molecule has 0 radical (unpaired) electrons. The van der Waals surface area contributed by atoms with E-state index >= 15 is 0 Å². The number of hydrogen-bond acceptors (Lipinski definition) is 5. The number of aryl methyl sites for hydroxylation is 1. The number of nitrogens with two attached hydrogens (primary N) is 1. The van der Waals surface area contributed by atoms with Crippen molar-refractivity contribution in [3.05, 3.63) is 16.1 Å². The standard InChI is InChI=1S/C7H12N2O2S2/c1-6-9-7(4-12-6)5-13(10,11)3-2-8/h4H,2-3,5,8H2,1H3. The molecule has 0 aromatic carbocycles. The van der Waals surface area contributed by atoms with Crippen LogP contribution in [0.2, 0.25) is 0 Å². The quantitative estimate of drug-likeness (QED) is 0.793. The summed E-state index contributed by atoms with van der Waals surface area (Å²) in [5.74, 6) is 0.0398. The minimum Gasteiger partial charge on any atom is -0.329 e. The van der Waals surface area contributed by atoms with Crippen LogP contribution in [0.25, 0.3) is 0 Å². The van der Waals surface area contributed by atoms with E-state index in [0.717, 1.165) is 5.01 Å². The molecule has 0 spiro atoms. The summed E-state index contributed by atoms with van der Waals surface area (Å²) in [5, 5.41) is 2.65. The molecule has 1 rings (SSSR count). The SMILES string of the molecule is Cc1nc(CS(=O)(=O)CCN)cs1. The Bertz CT molecular complexity index is 370. The Balaban J connectivity index is 2.69. The van der Waals surface area contributed by atoms with Crippen molar-refractivity contribution < 1.29 is 8.42 Å². The van der Waals surface area contributed by atoms with Gasteiger partial charge in [0.25, 0.3) is 0 Å². The number of aromatic nitrogens is 1. The van der Waals surface area contributed by atoms with E-state index in [9.17, 15) is 8.42 Å². The fourth-order valence-corrected chi connectivity index (χ4v) is 2.77. The lowest BCUT2D eigenvalue weighted by Gasteiger charge is -1.98. The molecule has 6 heteroatoms. The van der Waals surface area contributed by atoms with E-state index in [1.165, 1.54) is 11.3 Å². The van der Waals surface area contributed by atoms with Gasteiger partial charge in [0.05, 0.1) is 22.2 Å². The Labute approximate surface area is 81.7 Å².